The maximum atomic E-state index is 12.6. The first kappa shape index (κ1) is 16.3. The highest BCUT2D eigenvalue weighted by atomic mass is 16.2. The van der Waals surface area contributed by atoms with E-state index in [0.29, 0.717) is 12.8 Å². The lowest BCUT2D eigenvalue weighted by molar-refractivity contribution is -0.139. The monoisotopic (exact) mass is 321 g/mol. The highest BCUT2D eigenvalue weighted by Crippen LogP contribution is 2.35. The van der Waals surface area contributed by atoms with Crippen LogP contribution in [0.2, 0.25) is 0 Å². The number of nitrogens with one attached hydrogen (secondary N) is 1. The molecule has 1 aliphatic heterocycles. The van der Waals surface area contributed by atoms with E-state index in [4.69, 9.17) is 0 Å². The van der Waals surface area contributed by atoms with Crippen molar-refractivity contribution in [3.8, 4) is 0 Å². The standard InChI is InChI=1S/C17H27N3O3/c1-12-5-7-13(8-6-12)19(2)14(21)11-20-15(22)17(18-16(20)23)9-3-4-10-17/h12-13H,3-11H2,1-2H3,(H,18,23). The number of imide groups is 1. The summed E-state index contributed by atoms with van der Waals surface area (Å²) in [6.45, 7) is 2.11. The van der Waals surface area contributed by atoms with E-state index in [1.165, 1.54) is 0 Å². The van der Waals surface area contributed by atoms with Gasteiger partial charge in [-0.2, -0.15) is 0 Å². The molecule has 4 amide bonds. The summed E-state index contributed by atoms with van der Waals surface area (Å²) >= 11 is 0. The Morgan fingerprint density at radius 3 is 2.43 bits per heavy atom. The molecule has 0 unspecified atom stereocenters. The van der Waals surface area contributed by atoms with Gasteiger partial charge >= 0.3 is 6.03 Å². The molecule has 6 heteroatoms. The molecule has 0 bridgehead atoms. The van der Waals surface area contributed by atoms with Crippen LogP contribution in [0.1, 0.15) is 58.3 Å². The van der Waals surface area contributed by atoms with Gasteiger partial charge in [-0.15, -0.1) is 0 Å². The second kappa shape index (κ2) is 6.13. The molecule has 0 aromatic carbocycles. The van der Waals surface area contributed by atoms with Crippen LogP contribution in [-0.2, 0) is 9.59 Å². The molecule has 2 aliphatic carbocycles. The summed E-state index contributed by atoms with van der Waals surface area (Å²) < 4.78 is 0. The van der Waals surface area contributed by atoms with E-state index in [1.807, 2.05) is 0 Å². The Bertz CT molecular complexity index is 505. The first-order valence-electron chi connectivity index (χ1n) is 8.83. The molecule has 0 aromatic heterocycles. The molecule has 1 saturated heterocycles. The van der Waals surface area contributed by atoms with Gasteiger partial charge in [-0.25, -0.2) is 4.79 Å². The maximum Gasteiger partial charge on any atom is 0.325 e. The van der Waals surface area contributed by atoms with Crippen LogP contribution < -0.4 is 5.32 Å². The second-order valence-corrected chi connectivity index (χ2v) is 7.53. The fraction of sp³-hybridized carbons (Fsp3) is 0.824. The highest BCUT2D eigenvalue weighted by molar-refractivity contribution is 6.09. The van der Waals surface area contributed by atoms with Gasteiger partial charge in [0.25, 0.3) is 5.91 Å². The Labute approximate surface area is 137 Å². The summed E-state index contributed by atoms with van der Waals surface area (Å²) in [6, 6.07) is -0.171. The minimum atomic E-state index is -0.726. The van der Waals surface area contributed by atoms with Gasteiger partial charge in [-0.1, -0.05) is 19.8 Å². The molecule has 3 rings (SSSR count). The number of nitrogens with zero attached hydrogens (tertiary/aromatic N) is 2. The molecule has 0 aromatic rings. The minimum absolute atomic E-state index is 0.130. The summed E-state index contributed by atoms with van der Waals surface area (Å²) in [5.74, 6) is 0.380. The zero-order valence-electron chi connectivity index (χ0n) is 14.1. The topological polar surface area (TPSA) is 69.7 Å². The predicted molar refractivity (Wildman–Crippen MR) is 85.6 cm³/mol. The van der Waals surface area contributed by atoms with Crippen molar-refractivity contribution in [3.05, 3.63) is 0 Å². The van der Waals surface area contributed by atoms with Gasteiger partial charge in [0.2, 0.25) is 5.91 Å². The van der Waals surface area contributed by atoms with Crippen LogP contribution in [0.15, 0.2) is 0 Å². The van der Waals surface area contributed by atoms with Crippen LogP contribution in [0.3, 0.4) is 0 Å². The number of carbonyl (C=O) groups excluding carboxylic acids is 3. The first-order chi connectivity index (χ1) is 10.9. The molecule has 23 heavy (non-hydrogen) atoms. The predicted octanol–water partition coefficient (Wildman–Crippen LogP) is 1.89. The van der Waals surface area contributed by atoms with E-state index in [-0.39, 0.29) is 24.4 Å². The normalized spacial score (nSPS) is 29.9. The fourth-order valence-corrected chi connectivity index (χ4v) is 4.22. The van der Waals surface area contributed by atoms with Gasteiger partial charge in [0, 0.05) is 13.1 Å². The van der Waals surface area contributed by atoms with E-state index in [0.717, 1.165) is 49.3 Å². The Morgan fingerprint density at radius 2 is 1.83 bits per heavy atom. The number of rotatable bonds is 3. The molecule has 3 aliphatic rings. The molecule has 2 saturated carbocycles. The van der Waals surface area contributed by atoms with Crippen molar-refractivity contribution in [3.63, 3.8) is 0 Å². The van der Waals surface area contributed by atoms with Gasteiger partial charge in [-0.05, 0) is 44.4 Å². The van der Waals surface area contributed by atoms with Crippen molar-refractivity contribution in [2.24, 2.45) is 5.92 Å². The molecule has 1 N–H and O–H groups in total. The second-order valence-electron chi connectivity index (χ2n) is 7.53. The third kappa shape index (κ3) is 2.95. The molecule has 6 nitrogen and oxygen atoms in total. The van der Waals surface area contributed by atoms with Crippen molar-refractivity contribution >= 4 is 17.8 Å². The summed E-state index contributed by atoms with van der Waals surface area (Å²) in [7, 11) is 1.80. The van der Waals surface area contributed by atoms with Gasteiger partial charge in [0.05, 0.1) is 0 Å². The van der Waals surface area contributed by atoms with Crippen LogP contribution in [0, 0.1) is 5.92 Å². The zero-order chi connectivity index (χ0) is 16.6. The van der Waals surface area contributed by atoms with E-state index < -0.39 is 11.6 Å². The largest absolute Gasteiger partial charge is 0.341 e. The summed E-state index contributed by atoms with van der Waals surface area (Å²) in [6.07, 6.45) is 7.57. The Hall–Kier alpha value is -1.59. The van der Waals surface area contributed by atoms with Crippen LogP contribution >= 0.6 is 0 Å². The number of amides is 4. The van der Waals surface area contributed by atoms with Gasteiger partial charge in [0.1, 0.15) is 12.1 Å². The highest BCUT2D eigenvalue weighted by Gasteiger charge is 2.52. The Morgan fingerprint density at radius 1 is 1.22 bits per heavy atom. The number of hydrogen-bond acceptors (Lipinski definition) is 3. The lowest BCUT2D eigenvalue weighted by atomic mass is 9.87. The minimum Gasteiger partial charge on any atom is -0.341 e. The number of urea groups is 1. The van der Waals surface area contributed by atoms with E-state index in [2.05, 4.69) is 12.2 Å². The zero-order valence-corrected chi connectivity index (χ0v) is 14.1. The van der Waals surface area contributed by atoms with E-state index in [9.17, 15) is 14.4 Å². The van der Waals surface area contributed by atoms with Crippen LogP contribution in [-0.4, -0.2) is 52.8 Å². The van der Waals surface area contributed by atoms with Gasteiger partial charge < -0.3 is 10.2 Å². The van der Waals surface area contributed by atoms with Crippen molar-refractivity contribution in [1.29, 1.82) is 0 Å². The molecule has 0 atom stereocenters. The number of carbonyl (C=O) groups is 3. The van der Waals surface area contributed by atoms with Gasteiger partial charge in [-0.3, -0.25) is 14.5 Å². The molecule has 1 spiro atoms. The summed E-state index contributed by atoms with van der Waals surface area (Å²) in [4.78, 5) is 40.1. The smallest absolute Gasteiger partial charge is 0.325 e. The fourth-order valence-electron chi connectivity index (χ4n) is 4.22. The molecular weight excluding hydrogens is 294 g/mol. The van der Waals surface area contributed by atoms with Gasteiger partial charge in [0.15, 0.2) is 0 Å². The van der Waals surface area contributed by atoms with Crippen molar-refractivity contribution in [2.75, 3.05) is 13.6 Å². The molecule has 1 heterocycles. The molecule has 0 radical (unpaired) electrons. The number of hydrogen-bond donors (Lipinski definition) is 1. The molecule has 128 valence electrons. The quantitative estimate of drug-likeness (QED) is 0.807. The maximum absolute atomic E-state index is 12.6. The first-order valence-corrected chi connectivity index (χ1v) is 8.83. The average molecular weight is 321 g/mol. The molecule has 3 fully saturated rings. The summed E-state index contributed by atoms with van der Waals surface area (Å²) in [5.41, 5.74) is -0.726. The third-order valence-corrected chi connectivity index (χ3v) is 5.92. The molecular formula is C17H27N3O3. The van der Waals surface area contributed by atoms with Crippen LogP contribution in [0.5, 0.6) is 0 Å². The average Bonchev–Trinajstić information content (AvgIpc) is 3.08. The number of likely N-dealkylation sites (N-methyl/N-ethyl adjacent to an activating group) is 1. The Balaban J connectivity index is 1.61. The van der Waals surface area contributed by atoms with Crippen LogP contribution in [0.25, 0.3) is 0 Å². The lowest BCUT2D eigenvalue weighted by Crippen LogP contribution is -2.47. The van der Waals surface area contributed by atoms with E-state index in [1.54, 1.807) is 11.9 Å². The van der Waals surface area contributed by atoms with E-state index >= 15 is 0 Å². The van der Waals surface area contributed by atoms with Crippen molar-refractivity contribution in [1.82, 2.24) is 15.1 Å². The van der Waals surface area contributed by atoms with Crippen LogP contribution in [0.4, 0.5) is 4.79 Å². The SMILES string of the molecule is CC1CCC(N(C)C(=O)CN2C(=O)NC3(CCCC3)C2=O)CC1. The Kier molecular flexibility index (Phi) is 4.34. The summed E-state index contributed by atoms with van der Waals surface area (Å²) in [5, 5.41) is 2.83. The third-order valence-electron chi connectivity index (χ3n) is 5.92. The lowest BCUT2D eigenvalue weighted by Gasteiger charge is -2.34. The van der Waals surface area contributed by atoms with Crippen molar-refractivity contribution in [2.45, 2.75) is 69.9 Å². The van der Waals surface area contributed by atoms with Crippen molar-refractivity contribution < 1.29 is 14.4 Å².